The first-order chi connectivity index (χ1) is 20.7. The summed E-state index contributed by atoms with van der Waals surface area (Å²) >= 11 is 10.3. The van der Waals surface area contributed by atoms with Gasteiger partial charge in [-0.05, 0) is 43.4 Å². The van der Waals surface area contributed by atoms with Crippen molar-refractivity contribution in [1.82, 2.24) is 4.90 Å². The Balaban J connectivity index is 1.63. The van der Waals surface area contributed by atoms with E-state index in [2.05, 4.69) is 29.1 Å². The Bertz CT molecular complexity index is 1380. The zero-order chi connectivity index (χ0) is 30.9. The Labute approximate surface area is 265 Å². The number of aliphatic hydroxyl groups excluding tert-OH is 1. The average Bonchev–Trinajstić information content (AvgIpc) is 3.59. The van der Waals surface area contributed by atoms with Crippen molar-refractivity contribution < 1.29 is 29.0 Å². The van der Waals surface area contributed by atoms with Crippen LogP contribution in [0.25, 0.3) is 0 Å². The van der Waals surface area contributed by atoms with Crippen LogP contribution >= 0.6 is 27.5 Å². The molecule has 2 amide bonds. The number of hydrogen-bond donors (Lipinski definition) is 1. The van der Waals surface area contributed by atoms with Gasteiger partial charge in [-0.1, -0.05) is 82.1 Å². The van der Waals surface area contributed by atoms with Crippen molar-refractivity contribution in [3.63, 3.8) is 0 Å². The van der Waals surface area contributed by atoms with Crippen molar-refractivity contribution in [2.24, 2.45) is 11.8 Å². The van der Waals surface area contributed by atoms with E-state index in [-0.39, 0.29) is 18.0 Å². The van der Waals surface area contributed by atoms with Gasteiger partial charge in [0.25, 0.3) is 5.91 Å². The maximum atomic E-state index is 14.9. The van der Waals surface area contributed by atoms with Gasteiger partial charge >= 0.3 is 5.97 Å². The van der Waals surface area contributed by atoms with Crippen LogP contribution in [0.1, 0.15) is 24.0 Å². The Hall–Kier alpha value is -2.98. The molecule has 10 heteroatoms. The number of carbonyl (C=O) groups is 3. The summed E-state index contributed by atoms with van der Waals surface area (Å²) in [6, 6.07) is 12.9. The summed E-state index contributed by atoms with van der Waals surface area (Å²) in [6.07, 6.45) is 3.69. The molecule has 1 spiro atoms. The van der Waals surface area contributed by atoms with E-state index >= 15 is 0 Å². The van der Waals surface area contributed by atoms with Gasteiger partial charge in [0.15, 0.2) is 0 Å². The van der Waals surface area contributed by atoms with E-state index in [0.717, 1.165) is 11.1 Å². The standard InChI is InChI=1S/C33H36BrClN2O6/c1-4-6-16-42-32(41)25-26-30(39)37(22(19-38)17-21-12-8-7-9-13-21)29(33(26)18-23(34)28(25)43-33)31(40)36(15-5-2)27-20(3)11-10-14-24(27)35/h4-5,7-14,22-23,25-26,28-29,38H,1-2,6,15-19H2,3H3/t22-,23?,25+,26+,28+,29?,33?/m1/s1. The van der Waals surface area contributed by atoms with E-state index in [1.54, 1.807) is 24.3 Å². The number of likely N-dealkylation sites (tertiary alicyclic amines) is 1. The summed E-state index contributed by atoms with van der Waals surface area (Å²) in [5.74, 6) is -3.24. The fourth-order valence-corrected chi connectivity index (χ4v) is 8.29. The zero-order valence-electron chi connectivity index (χ0n) is 24.0. The summed E-state index contributed by atoms with van der Waals surface area (Å²) in [6.45, 7) is 9.26. The Kier molecular flexibility index (Phi) is 9.46. The van der Waals surface area contributed by atoms with Crippen LogP contribution < -0.4 is 4.90 Å². The first kappa shape index (κ1) is 31.4. The smallest absolute Gasteiger partial charge is 0.312 e. The second-order valence-electron chi connectivity index (χ2n) is 11.3. The number of aryl methyl sites for hydroxylation is 1. The Morgan fingerprint density at radius 1 is 1.23 bits per heavy atom. The number of hydrogen-bond acceptors (Lipinski definition) is 6. The number of esters is 1. The van der Waals surface area contributed by atoms with Crippen molar-refractivity contribution in [1.29, 1.82) is 0 Å². The molecule has 43 heavy (non-hydrogen) atoms. The molecular weight excluding hydrogens is 636 g/mol. The SMILES string of the molecule is C=CCCOC(=O)[C@H]1[C@H]2C(=O)N([C@@H](CO)Cc3ccccc3)C(C(=O)N(CC=C)c3c(C)cccc3Cl)C23CC(Br)[C@@H]1O3. The molecule has 228 valence electrons. The molecule has 8 nitrogen and oxygen atoms in total. The minimum atomic E-state index is -1.33. The van der Waals surface area contributed by atoms with Gasteiger partial charge in [-0.2, -0.15) is 0 Å². The van der Waals surface area contributed by atoms with Gasteiger partial charge in [-0.25, -0.2) is 0 Å². The summed E-state index contributed by atoms with van der Waals surface area (Å²) in [7, 11) is 0. The molecule has 3 aliphatic heterocycles. The van der Waals surface area contributed by atoms with Gasteiger partial charge in [0.2, 0.25) is 5.91 Å². The van der Waals surface area contributed by atoms with E-state index in [1.165, 1.54) is 9.80 Å². The molecule has 3 fully saturated rings. The predicted octanol–water partition coefficient (Wildman–Crippen LogP) is 4.64. The van der Waals surface area contributed by atoms with Crippen molar-refractivity contribution in [3.8, 4) is 0 Å². The molecule has 7 atom stereocenters. The number of ether oxygens (including phenoxy) is 2. The molecule has 0 aliphatic carbocycles. The highest BCUT2D eigenvalue weighted by atomic mass is 79.9. The Morgan fingerprint density at radius 3 is 2.63 bits per heavy atom. The number of nitrogens with zero attached hydrogens (tertiary/aromatic N) is 2. The molecule has 0 radical (unpaired) electrons. The van der Waals surface area contributed by atoms with Crippen LogP contribution in [0.2, 0.25) is 5.02 Å². The maximum absolute atomic E-state index is 14.9. The van der Waals surface area contributed by atoms with Gasteiger partial charge in [0.1, 0.15) is 11.6 Å². The van der Waals surface area contributed by atoms with Crippen molar-refractivity contribution in [3.05, 3.63) is 90.0 Å². The van der Waals surface area contributed by atoms with E-state index in [9.17, 15) is 19.5 Å². The number of carbonyl (C=O) groups excluding carboxylic acids is 3. The molecule has 3 saturated heterocycles. The minimum absolute atomic E-state index is 0.124. The number of amides is 2. The third-order valence-electron chi connectivity index (χ3n) is 8.75. The average molecular weight is 672 g/mol. The van der Waals surface area contributed by atoms with Crippen molar-refractivity contribution >= 4 is 51.0 Å². The lowest BCUT2D eigenvalue weighted by molar-refractivity contribution is -0.155. The highest BCUT2D eigenvalue weighted by Gasteiger charge is 2.77. The van der Waals surface area contributed by atoms with Crippen molar-refractivity contribution in [2.45, 2.75) is 54.8 Å². The summed E-state index contributed by atoms with van der Waals surface area (Å²) in [5, 5.41) is 11.1. The van der Waals surface area contributed by atoms with Gasteiger partial charge in [0, 0.05) is 11.4 Å². The molecule has 1 N–H and O–H groups in total. The number of para-hydroxylation sites is 1. The highest BCUT2D eigenvalue weighted by molar-refractivity contribution is 9.09. The summed E-state index contributed by atoms with van der Waals surface area (Å²) in [5.41, 5.74) is 0.847. The minimum Gasteiger partial charge on any atom is -0.465 e. The lowest BCUT2D eigenvalue weighted by atomic mass is 9.70. The van der Waals surface area contributed by atoms with Crippen LogP contribution in [-0.2, 0) is 30.3 Å². The molecule has 5 rings (SSSR count). The topological polar surface area (TPSA) is 96.4 Å². The van der Waals surface area contributed by atoms with Gasteiger partial charge in [-0.15, -0.1) is 13.2 Å². The monoisotopic (exact) mass is 670 g/mol. The number of aliphatic hydroxyl groups is 1. The lowest BCUT2D eigenvalue weighted by Crippen LogP contribution is -2.59. The molecule has 2 aromatic carbocycles. The Morgan fingerprint density at radius 2 is 1.98 bits per heavy atom. The van der Waals surface area contributed by atoms with Crippen LogP contribution in [0.15, 0.2) is 73.8 Å². The second-order valence-corrected chi connectivity index (χ2v) is 12.9. The van der Waals surface area contributed by atoms with Crippen molar-refractivity contribution in [2.75, 3.05) is 24.7 Å². The molecule has 2 bridgehead atoms. The molecule has 2 aromatic rings. The van der Waals surface area contributed by atoms with E-state index in [1.807, 2.05) is 43.3 Å². The van der Waals surface area contributed by atoms with Crippen LogP contribution in [0, 0.1) is 18.8 Å². The highest BCUT2D eigenvalue weighted by Crippen LogP contribution is 2.61. The van der Waals surface area contributed by atoms with E-state index < -0.39 is 60.0 Å². The zero-order valence-corrected chi connectivity index (χ0v) is 26.4. The van der Waals surface area contributed by atoms with Crippen LogP contribution in [0.3, 0.4) is 0 Å². The van der Waals surface area contributed by atoms with Gasteiger partial charge in [0.05, 0.1) is 47.9 Å². The predicted molar refractivity (Wildman–Crippen MR) is 168 cm³/mol. The molecular formula is C33H36BrClN2O6. The molecule has 3 heterocycles. The molecule has 3 unspecified atom stereocenters. The first-order valence-electron chi connectivity index (χ1n) is 14.4. The molecule has 3 aliphatic rings. The molecule has 0 aromatic heterocycles. The number of rotatable bonds is 12. The third-order valence-corrected chi connectivity index (χ3v) is 9.90. The number of alkyl halides is 1. The fourth-order valence-electron chi connectivity index (χ4n) is 7.02. The molecule has 0 saturated carbocycles. The van der Waals surface area contributed by atoms with E-state index in [4.69, 9.17) is 21.1 Å². The number of fused-ring (bicyclic) bond motifs is 1. The number of anilines is 1. The second kappa shape index (κ2) is 12.9. The fraction of sp³-hybridized carbons (Fsp3) is 0.424. The van der Waals surface area contributed by atoms with Gasteiger partial charge in [-0.3, -0.25) is 14.4 Å². The third kappa shape index (κ3) is 5.45. The normalized spacial score (nSPS) is 28.0. The lowest BCUT2D eigenvalue weighted by Gasteiger charge is -2.40. The van der Waals surface area contributed by atoms with E-state index in [0.29, 0.717) is 30.0 Å². The van der Waals surface area contributed by atoms with Crippen LogP contribution in [0.4, 0.5) is 5.69 Å². The maximum Gasteiger partial charge on any atom is 0.312 e. The van der Waals surface area contributed by atoms with Gasteiger partial charge < -0.3 is 24.4 Å². The largest absolute Gasteiger partial charge is 0.465 e. The number of halogens is 2. The first-order valence-corrected chi connectivity index (χ1v) is 15.7. The summed E-state index contributed by atoms with van der Waals surface area (Å²) in [4.78, 5) is 45.7. The van der Waals surface area contributed by atoms with Crippen LogP contribution in [-0.4, -0.2) is 76.2 Å². The van der Waals surface area contributed by atoms with Crippen LogP contribution in [0.5, 0.6) is 0 Å². The number of benzene rings is 2. The summed E-state index contributed by atoms with van der Waals surface area (Å²) < 4.78 is 12.2. The quantitative estimate of drug-likeness (QED) is 0.153.